The molecule has 2 amide bonds. The molecular formula is C17H13F6N3O2S. The van der Waals surface area contributed by atoms with Crippen LogP contribution in [-0.2, 0) is 12.4 Å². The van der Waals surface area contributed by atoms with Crippen molar-refractivity contribution in [2.24, 2.45) is 0 Å². The number of aromatic nitrogens is 1. The van der Waals surface area contributed by atoms with E-state index in [-0.39, 0.29) is 16.0 Å². The number of carbonyl (C=O) groups excluding carboxylic acids is 2. The number of nitrogens with one attached hydrogen (secondary N) is 2. The van der Waals surface area contributed by atoms with Crippen LogP contribution < -0.4 is 10.9 Å². The van der Waals surface area contributed by atoms with E-state index < -0.39 is 35.4 Å². The molecule has 0 spiro atoms. The normalized spacial score (nSPS) is 11.8. The lowest BCUT2D eigenvalue weighted by atomic mass is 10.1. The minimum absolute atomic E-state index is 0.0604. The number of benzene rings is 1. The standard InChI is InChI=1S/C17H13F6N3O2S/c1-2-29-12-7-10(16(18,19)20)4-5-11(12)15(28)26-25-14(27)9-3-6-13(24-8-9)17(21,22)23/h3-8H,2H2,1H3,(H,25,27)(H,26,28). The van der Waals surface area contributed by atoms with Gasteiger partial charge in [-0.2, -0.15) is 26.3 Å². The van der Waals surface area contributed by atoms with Crippen molar-refractivity contribution in [3.8, 4) is 0 Å². The average Bonchev–Trinajstić information content (AvgIpc) is 2.64. The van der Waals surface area contributed by atoms with Gasteiger partial charge in [0, 0.05) is 11.1 Å². The third kappa shape index (κ3) is 5.86. The first-order valence-corrected chi connectivity index (χ1v) is 8.90. The van der Waals surface area contributed by atoms with Gasteiger partial charge < -0.3 is 0 Å². The summed E-state index contributed by atoms with van der Waals surface area (Å²) in [5.74, 6) is -1.44. The van der Waals surface area contributed by atoms with Crippen molar-refractivity contribution in [1.29, 1.82) is 0 Å². The maximum atomic E-state index is 12.8. The Morgan fingerprint density at radius 1 is 0.966 bits per heavy atom. The van der Waals surface area contributed by atoms with E-state index in [1.807, 2.05) is 10.9 Å². The maximum absolute atomic E-state index is 12.8. The molecular weight excluding hydrogens is 424 g/mol. The Morgan fingerprint density at radius 3 is 2.14 bits per heavy atom. The van der Waals surface area contributed by atoms with E-state index in [0.29, 0.717) is 18.0 Å². The van der Waals surface area contributed by atoms with Crippen LogP contribution in [0.3, 0.4) is 0 Å². The molecule has 0 aliphatic heterocycles. The van der Waals surface area contributed by atoms with Gasteiger partial charge in [-0.05, 0) is 36.1 Å². The highest BCUT2D eigenvalue weighted by Gasteiger charge is 2.33. The molecule has 12 heteroatoms. The Balaban J connectivity index is 2.11. The number of alkyl halides is 6. The molecule has 29 heavy (non-hydrogen) atoms. The second-order valence-corrected chi connectivity index (χ2v) is 6.79. The Kier molecular flexibility index (Phi) is 6.77. The summed E-state index contributed by atoms with van der Waals surface area (Å²) in [4.78, 5) is 27.4. The number of halogens is 6. The molecule has 0 fully saturated rings. The van der Waals surface area contributed by atoms with E-state index in [1.54, 1.807) is 6.92 Å². The molecule has 0 saturated heterocycles. The van der Waals surface area contributed by atoms with Crippen molar-refractivity contribution in [2.75, 3.05) is 5.75 Å². The van der Waals surface area contributed by atoms with Gasteiger partial charge in [0.15, 0.2) is 0 Å². The van der Waals surface area contributed by atoms with Crippen LogP contribution in [0.5, 0.6) is 0 Å². The molecule has 156 valence electrons. The third-order valence-electron chi connectivity index (χ3n) is 3.46. The van der Waals surface area contributed by atoms with Gasteiger partial charge in [0.05, 0.1) is 16.7 Å². The zero-order chi connectivity index (χ0) is 21.8. The van der Waals surface area contributed by atoms with Crippen LogP contribution in [0.15, 0.2) is 41.4 Å². The molecule has 1 aromatic heterocycles. The van der Waals surface area contributed by atoms with Gasteiger partial charge >= 0.3 is 12.4 Å². The number of carbonyl (C=O) groups is 2. The number of rotatable bonds is 4. The van der Waals surface area contributed by atoms with Crippen LogP contribution in [0.4, 0.5) is 26.3 Å². The summed E-state index contributed by atoms with van der Waals surface area (Å²) < 4.78 is 75.9. The monoisotopic (exact) mass is 437 g/mol. The lowest BCUT2D eigenvalue weighted by molar-refractivity contribution is -0.141. The summed E-state index contributed by atoms with van der Waals surface area (Å²) in [7, 11) is 0. The molecule has 0 aliphatic rings. The summed E-state index contributed by atoms with van der Waals surface area (Å²) in [6.07, 6.45) is -8.57. The van der Waals surface area contributed by atoms with Gasteiger partial charge in [0.2, 0.25) is 0 Å². The fourth-order valence-corrected chi connectivity index (χ4v) is 2.95. The summed E-state index contributed by atoms with van der Waals surface area (Å²) >= 11 is 1.00. The molecule has 2 N–H and O–H groups in total. The van der Waals surface area contributed by atoms with E-state index in [2.05, 4.69) is 4.98 Å². The first-order valence-electron chi connectivity index (χ1n) is 7.91. The van der Waals surface area contributed by atoms with Crippen LogP contribution in [0.2, 0.25) is 0 Å². The van der Waals surface area contributed by atoms with E-state index in [9.17, 15) is 35.9 Å². The first kappa shape index (κ1) is 22.5. The molecule has 5 nitrogen and oxygen atoms in total. The number of hydrazine groups is 1. The van der Waals surface area contributed by atoms with Gasteiger partial charge in [0.25, 0.3) is 11.8 Å². The van der Waals surface area contributed by atoms with Gasteiger partial charge in [-0.3, -0.25) is 25.4 Å². The van der Waals surface area contributed by atoms with Crippen LogP contribution in [0.1, 0.15) is 38.9 Å². The Labute approximate surface area is 164 Å². The van der Waals surface area contributed by atoms with Crippen molar-refractivity contribution in [3.05, 3.63) is 58.9 Å². The minimum Gasteiger partial charge on any atom is -0.267 e. The van der Waals surface area contributed by atoms with Crippen LogP contribution in [-0.4, -0.2) is 22.6 Å². The van der Waals surface area contributed by atoms with Crippen molar-refractivity contribution in [2.45, 2.75) is 24.2 Å². The maximum Gasteiger partial charge on any atom is 0.433 e. The summed E-state index contributed by atoms with van der Waals surface area (Å²) in [6.45, 7) is 1.69. The van der Waals surface area contributed by atoms with Crippen molar-refractivity contribution in [3.63, 3.8) is 0 Å². The Morgan fingerprint density at radius 2 is 1.62 bits per heavy atom. The van der Waals surface area contributed by atoms with E-state index in [0.717, 1.165) is 36.0 Å². The molecule has 0 saturated carbocycles. The van der Waals surface area contributed by atoms with Crippen molar-refractivity contribution >= 4 is 23.6 Å². The summed E-state index contributed by atoms with van der Waals surface area (Å²) in [6, 6.07) is 4.00. The smallest absolute Gasteiger partial charge is 0.267 e. The first-order chi connectivity index (χ1) is 13.4. The Bertz CT molecular complexity index is 898. The van der Waals surface area contributed by atoms with Crippen molar-refractivity contribution < 1.29 is 35.9 Å². The highest BCUT2D eigenvalue weighted by atomic mass is 32.2. The quantitative estimate of drug-likeness (QED) is 0.425. The molecule has 0 radical (unpaired) electrons. The highest BCUT2D eigenvalue weighted by Crippen LogP contribution is 2.33. The minimum atomic E-state index is -4.67. The van der Waals surface area contributed by atoms with Gasteiger partial charge in [-0.25, -0.2) is 0 Å². The number of hydrogen-bond acceptors (Lipinski definition) is 4. The SMILES string of the molecule is CCSc1cc(C(F)(F)F)ccc1C(=O)NNC(=O)c1ccc(C(F)(F)F)nc1. The van der Waals surface area contributed by atoms with E-state index in [4.69, 9.17) is 0 Å². The molecule has 1 heterocycles. The lowest BCUT2D eigenvalue weighted by Crippen LogP contribution is -2.41. The molecule has 0 aliphatic carbocycles. The number of nitrogens with zero attached hydrogens (tertiary/aromatic N) is 1. The molecule has 0 atom stereocenters. The number of hydrogen-bond donors (Lipinski definition) is 2. The second-order valence-electron chi connectivity index (χ2n) is 5.48. The predicted molar refractivity (Wildman–Crippen MR) is 92.0 cm³/mol. The molecule has 0 bridgehead atoms. The van der Waals surface area contributed by atoms with Crippen LogP contribution in [0, 0.1) is 0 Å². The number of amides is 2. The van der Waals surface area contributed by atoms with E-state index in [1.165, 1.54) is 0 Å². The van der Waals surface area contributed by atoms with Crippen molar-refractivity contribution in [1.82, 2.24) is 15.8 Å². The average molecular weight is 437 g/mol. The van der Waals surface area contributed by atoms with Gasteiger partial charge in [-0.1, -0.05) is 6.92 Å². The fraction of sp³-hybridized carbons (Fsp3) is 0.235. The van der Waals surface area contributed by atoms with Crippen LogP contribution >= 0.6 is 11.8 Å². The Hall–Kier alpha value is -2.76. The molecule has 2 rings (SSSR count). The molecule has 2 aromatic rings. The van der Waals surface area contributed by atoms with Gasteiger partial charge in [0.1, 0.15) is 5.69 Å². The van der Waals surface area contributed by atoms with Gasteiger partial charge in [-0.15, -0.1) is 11.8 Å². The van der Waals surface area contributed by atoms with E-state index >= 15 is 0 Å². The third-order valence-corrected chi connectivity index (χ3v) is 4.40. The number of thioether (sulfide) groups is 1. The lowest BCUT2D eigenvalue weighted by Gasteiger charge is -2.13. The summed E-state index contributed by atoms with van der Waals surface area (Å²) in [5, 5.41) is 0. The van der Waals surface area contributed by atoms with Crippen LogP contribution in [0.25, 0.3) is 0 Å². The zero-order valence-electron chi connectivity index (χ0n) is 14.6. The zero-order valence-corrected chi connectivity index (χ0v) is 15.4. The predicted octanol–water partition coefficient (Wildman–Crippen LogP) is 4.31. The molecule has 0 unspecified atom stereocenters. The second kappa shape index (κ2) is 8.72. The largest absolute Gasteiger partial charge is 0.433 e. The fourth-order valence-electron chi connectivity index (χ4n) is 2.11. The number of pyridine rings is 1. The summed E-state index contributed by atoms with van der Waals surface area (Å²) in [5.41, 5.74) is 1.52. The molecule has 1 aromatic carbocycles. The highest BCUT2D eigenvalue weighted by molar-refractivity contribution is 7.99. The topological polar surface area (TPSA) is 71.1 Å².